The predicted octanol–water partition coefficient (Wildman–Crippen LogP) is 4.14. The van der Waals surface area contributed by atoms with Gasteiger partial charge in [-0.05, 0) is 49.3 Å². The molecule has 1 aliphatic heterocycles. The minimum Gasteiger partial charge on any atom is -0.348 e. The Balaban J connectivity index is 1.52. The molecular formula is C25H29FN2O2. The van der Waals surface area contributed by atoms with E-state index < -0.39 is 5.41 Å². The SMILES string of the molecule is CN(C)C(=O)C1(Cc2ccc(-c3ccccc3F)cc2)CCN(C(=O)C2CC2)CC1. The van der Waals surface area contributed by atoms with Gasteiger partial charge in [-0.25, -0.2) is 4.39 Å². The van der Waals surface area contributed by atoms with Crippen LogP contribution in [0, 0.1) is 17.2 Å². The molecule has 2 aromatic carbocycles. The number of benzene rings is 2. The van der Waals surface area contributed by atoms with E-state index in [1.807, 2.05) is 35.2 Å². The predicted molar refractivity (Wildman–Crippen MR) is 115 cm³/mol. The molecule has 4 nitrogen and oxygen atoms in total. The van der Waals surface area contributed by atoms with Gasteiger partial charge in [-0.2, -0.15) is 0 Å². The van der Waals surface area contributed by atoms with Gasteiger partial charge in [-0.1, -0.05) is 42.5 Å². The van der Waals surface area contributed by atoms with Gasteiger partial charge in [-0.3, -0.25) is 9.59 Å². The number of carbonyl (C=O) groups is 2. The fourth-order valence-corrected chi connectivity index (χ4v) is 4.57. The van der Waals surface area contributed by atoms with E-state index in [2.05, 4.69) is 0 Å². The van der Waals surface area contributed by atoms with E-state index >= 15 is 0 Å². The van der Waals surface area contributed by atoms with Gasteiger partial charge in [0.15, 0.2) is 0 Å². The van der Waals surface area contributed by atoms with E-state index in [4.69, 9.17) is 0 Å². The van der Waals surface area contributed by atoms with Crippen molar-refractivity contribution in [2.45, 2.75) is 32.1 Å². The molecule has 2 amide bonds. The first-order valence-electron chi connectivity index (χ1n) is 10.7. The number of nitrogens with zero attached hydrogens (tertiary/aromatic N) is 2. The maximum Gasteiger partial charge on any atom is 0.228 e. The lowest BCUT2D eigenvalue weighted by atomic mass is 9.72. The van der Waals surface area contributed by atoms with Crippen LogP contribution in [0.25, 0.3) is 11.1 Å². The number of likely N-dealkylation sites (tertiary alicyclic amines) is 1. The molecule has 5 heteroatoms. The van der Waals surface area contributed by atoms with Gasteiger partial charge in [0.05, 0.1) is 5.41 Å². The first-order chi connectivity index (χ1) is 14.4. The zero-order chi connectivity index (χ0) is 21.3. The summed E-state index contributed by atoms with van der Waals surface area (Å²) >= 11 is 0. The Bertz CT molecular complexity index is 926. The molecular weight excluding hydrogens is 379 g/mol. The summed E-state index contributed by atoms with van der Waals surface area (Å²) in [6, 6.07) is 14.6. The highest BCUT2D eigenvalue weighted by atomic mass is 19.1. The van der Waals surface area contributed by atoms with Gasteiger partial charge in [0.2, 0.25) is 11.8 Å². The minimum atomic E-state index is -0.497. The highest BCUT2D eigenvalue weighted by molar-refractivity contribution is 5.84. The number of piperidine rings is 1. The van der Waals surface area contributed by atoms with Crippen molar-refractivity contribution in [2.75, 3.05) is 27.2 Å². The third-order valence-electron chi connectivity index (χ3n) is 6.50. The first-order valence-corrected chi connectivity index (χ1v) is 10.7. The number of hydrogen-bond acceptors (Lipinski definition) is 2. The lowest BCUT2D eigenvalue weighted by Gasteiger charge is -2.42. The largest absolute Gasteiger partial charge is 0.348 e. The Morgan fingerprint density at radius 1 is 1.03 bits per heavy atom. The van der Waals surface area contributed by atoms with E-state index in [1.54, 1.807) is 31.1 Å². The van der Waals surface area contributed by atoms with Crippen LogP contribution in [-0.4, -0.2) is 48.8 Å². The van der Waals surface area contributed by atoms with Crippen molar-refractivity contribution < 1.29 is 14.0 Å². The molecule has 30 heavy (non-hydrogen) atoms. The summed E-state index contributed by atoms with van der Waals surface area (Å²) in [5, 5.41) is 0. The smallest absolute Gasteiger partial charge is 0.228 e. The van der Waals surface area contributed by atoms with Crippen molar-refractivity contribution in [3.05, 3.63) is 59.9 Å². The highest BCUT2D eigenvalue weighted by Gasteiger charge is 2.44. The van der Waals surface area contributed by atoms with Crippen molar-refractivity contribution in [3.8, 4) is 11.1 Å². The number of hydrogen-bond donors (Lipinski definition) is 0. The third kappa shape index (κ3) is 4.11. The second-order valence-corrected chi connectivity index (χ2v) is 8.93. The maximum atomic E-state index is 14.1. The van der Waals surface area contributed by atoms with Crippen LogP contribution in [0.4, 0.5) is 4.39 Å². The Morgan fingerprint density at radius 2 is 1.67 bits per heavy atom. The minimum absolute atomic E-state index is 0.124. The standard InChI is InChI=1S/C25H29FN2O2/c1-27(2)24(30)25(13-15-28(16-14-25)23(29)20-11-12-20)17-18-7-9-19(10-8-18)21-5-3-4-6-22(21)26/h3-10,20H,11-17H2,1-2H3. The molecule has 4 rings (SSSR count). The molecule has 1 heterocycles. The molecule has 0 bridgehead atoms. The van der Waals surface area contributed by atoms with Crippen LogP contribution < -0.4 is 0 Å². The second kappa shape index (κ2) is 8.21. The quantitative estimate of drug-likeness (QED) is 0.746. The molecule has 2 fully saturated rings. The molecule has 2 aromatic rings. The average Bonchev–Trinajstić information content (AvgIpc) is 3.60. The van der Waals surface area contributed by atoms with Crippen molar-refractivity contribution in [3.63, 3.8) is 0 Å². The molecule has 1 aliphatic carbocycles. The third-order valence-corrected chi connectivity index (χ3v) is 6.50. The van der Waals surface area contributed by atoms with Crippen LogP contribution in [0.3, 0.4) is 0 Å². The van der Waals surface area contributed by atoms with Crippen LogP contribution in [0.15, 0.2) is 48.5 Å². The van der Waals surface area contributed by atoms with Crippen LogP contribution >= 0.6 is 0 Å². The van der Waals surface area contributed by atoms with Crippen LogP contribution in [0.2, 0.25) is 0 Å². The molecule has 0 aromatic heterocycles. The number of halogens is 1. The van der Waals surface area contributed by atoms with E-state index in [9.17, 15) is 14.0 Å². The summed E-state index contributed by atoms with van der Waals surface area (Å²) < 4.78 is 14.1. The van der Waals surface area contributed by atoms with Crippen molar-refractivity contribution >= 4 is 11.8 Å². The molecule has 0 atom stereocenters. The monoisotopic (exact) mass is 408 g/mol. The second-order valence-electron chi connectivity index (χ2n) is 8.93. The Kier molecular flexibility index (Phi) is 5.63. The van der Waals surface area contributed by atoms with Gasteiger partial charge in [-0.15, -0.1) is 0 Å². The molecule has 2 aliphatic rings. The summed E-state index contributed by atoms with van der Waals surface area (Å²) in [7, 11) is 3.60. The van der Waals surface area contributed by atoms with Crippen LogP contribution in [0.5, 0.6) is 0 Å². The Labute approximate surface area is 177 Å². The lowest BCUT2D eigenvalue weighted by molar-refractivity contribution is -0.146. The van der Waals surface area contributed by atoms with E-state index in [-0.39, 0.29) is 23.5 Å². The first kappa shape index (κ1) is 20.6. The summed E-state index contributed by atoms with van der Waals surface area (Å²) in [6.45, 7) is 1.28. The summed E-state index contributed by atoms with van der Waals surface area (Å²) in [4.78, 5) is 29.2. The van der Waals surface area contributed by atoms with Crippen LogP contribution in [0.1, 0.15) is 31.2 Å². The van der Waals surface area contributed by atoms with E-state index in [0.29, 0.717) is 37.9 Å². The van der Waals surface area contributed by atoms with Gasteiger partial charge in [0.25, 0.3) is 0 Å². The molecule has 0 radical (unpaired) electrons. The van der Waals surface area contributed by atoms with Crippen molar-refractivity contribution in [2.24, 2.45) is 11.3 Å². The summed E-state index contributed by atoms with van der Waals surface area (Å²) in [5.74, 6) is 0.361. The maximum absolute atomic E-state index is 14.1. The normalized spacial score (nSPS) is 18.2. The highest BCUT2D eigenvalue weighted by Crippen LogP contribution is 2.39. The van der Waals surface area contributed by atoms with Crippen molar-refractivity contribution in [1.29, 1.82) is 0 Å². The fourth-order valence-electron chi connectivity index (χ4n) is 4.57. The van der Waals surface area contributed by atoms with Gasteiger partial charge < -0.3 is 9.80 Å². The average molecular weight is 409 g/mol. The summed E-state index contributed by atoms with van der Waals surface area (Å²) in [6.07, 6.45) is 4.00. The molecule has 0 N–H and O–H groups in total. The lowest BCUT2D eigenvalue weighted by Crippen LogP contribution is -2.51. The van der Waals surface area contributed by atoms with Crippen LogP contribution in [-0.2, 0) is 16.0 Å². The van der Waals surface area contributed by atoms with Gasteiger partial charge >= 0.3 is 0 Å². The molecule has 158 valence electrons. The molecule has 1 saturated carbocycles. The number of carbonyl (C=O) groups excluding carboxylic acids is 2. The molecule has 1 saturated heterocycles. The summed E-state index contributed by atoms with van der Waals surface area (Å²) in [5.41, 5.74) is 1.97. The number of rotatable bonds is 5. The van der Waals surface area contributed by atoms with E-state index in [0.717, 1.165) is 24.0 Å². The zero-order valence-electron chi connectivity index (χ0n) is 17.7. The van der Waals surface area contributed by atoms with E-state index in [1.165, 1.54) is 6.07 Å². The Hall–Kier alpha value is -2.69. The Morgan fingerprint density at radius 3 is 2.23 bits per heavy atom. The zero-order valence-corrected chi connectivity index (χ0v) is 17.7. The number of amides is 2. The topological polar surface area (TPSA) is 40.6 Å². The fraction of sp³-hybridized carbons (Fsp3) is 0.440. The molecule has 0 spiro atoms. The van der Waals surface area contributed by atoms with Crippen molar-refractivity contribution in [1.82, 2.24) is 9.80 Å². The molecule has 0 unspecified atom stereocenters. The van der Waals surface area contributed by atoms with Gasteiger partial charge in [0.1, 0.15) is 5.82 Å². The van der Waals surface area contributed by atoms with Gasteiger partial charge in [0, 0.05) is 38.7 Å².